The van der Waals surface area contributed by atoms with Gasteiger partial charge in [-0.15, -0.1) is 0 Å². The fraction of sp³-hybridized carbons (Fsp3) is 0.364. The van der Waals surface area contributed by atoms with Gasteiger partial charge in [0, 0.05) is 24.7 Å². The highest BCUT2D eigenvalue weighted by Crippen LogP contribution is 2.25. The average molecular weight is 316 g/mol. The minimum absolute atomic E-state index is 0.0432. The van der Waals surface area contributed by atoms with Crippen molar-refractivity contribution in [1.29, 1.82) is 0 Å². The third-order valence-electron chi connectivity index (χ3n) is 2.61. The molecule has 0 aliphatic rings. The van der Waals surface area contributed by atoms with Crippen molar-refractivity contribution in [3.63, 3.8) is 0 Å². The molecule has 116 valence electrons. The fourth-order valence-electron chi connectivity index (χ4n) is 1.61. The fourth-order valence-corrected chi connectivity index (χ4v) is 2.88. The molecule has 21 heavy (non-hydrogen) atoms. The molecule has 1 amide bonds. The number of nitro groups is 1. The molecule has 10 heteroatoms. The van der Waals surface area contributed by atoms with Crippen LogP contribution in [0.5, 0.6) is 0 Å². The van der Waals surface area contributed by atoms with Crippen LogP contribution in [0.4, 0.5) is 11.4 Å². The Morgan fingerprint density at radius 3 is 2.57 bits per heavy atom. The Kier molecular flexibility index (Phi) is 5.61. The van der Waals surface area contributed by atoms with E-state index in [1.807, 2.05) is 0 Å². The lowest BCUT2D eigenvalue weighted by atomic mass is 10.2. The Hall–Kier alpha value is -2.20. The summed E-state index contributed by atoms with van der Waals surface area (Å²) in [5, 5.41) is 10.9. The van der Waals surface area contributed by atoms with Crippen LogP contribution < -0.4 is 16.2 Å². The number of hydrogen-bond acceptors (Lipinski definition) is 6. The van der Waals surface area contributed by atoms with E-state index in [4.69, 9.17) is 11.5 Å². The van der Waals surface area contributed by atoms with Crippen LogP contribution >= 0.6 is 0 Å². The van der Waals surface area contributed by atoms with Crippen LogP contribution in [0, 0.1) is 10.1 Å². The van der Waals surface area contributed by atoms with E-state index in [-0.39, 0.29) is 18.7 Å². The van der Waals surface area contributed by atoms with Gasteiger partial charge < -0.3 is 11.5 Å². The highest BCUT2D eigenvalue weighted by molar-refractivity contribution is 7.89. The van der Waals surface area contributed by atoms with Gasteiger partial charge in [-0.3, -0.25) is 14.9 Å². The second-order valence-corrected chi connectivity index (χ2v) is 6.04. The summed E-state index contributed by atoms with van der Waals surface area (Å²) in [6, 6.07) is 3.32. The first-order chi connectivity index (χ1) is 9.74. The number of nitrogens with zero attached hydrogens (tertiary/aromatic N) is 1. The highest BCUT2D eigenvalue weighted by Gasteiger charge is 2.25. The Morgan fingerprint density at radius 2 is 2.00 bits per heavy atom. The Labute approximate surface area is 121 Å². The summed E-state index contributed by atoms with van der Waals surface area (Å²) < 4.78 is 26.3. The zero-order valence-corrected chi connectivity index (χ0v) is 11.9. The first kappa shape index (κ1) is 16.9. The molecule has 0 spiro atoms. The summed E-state index contributed by atoms with van der Waals surface area (Å²) in [5.41, 5.74) is 9.98. The summed E-state index contributed by atoms with van der Waals surface area (Å²) >= 11 is 0. The van der Waals surface area contributed by atoms with Crippen LogP contribution in [-0.2, 0) is 14.8 Å². The van der Waals surface area contributed by atoms with E-state index in [1.165, 1.54) is 6.07 Å². The van der Waals surface area contributed by atoms with Gasteiger partial charge in [-0.25, -0.2) is 13.1 Å². The van der Waals surface area contributed by atoms with Crippen molar-refractivity contribution in [2.24, 2.45) is 5.73 Å². The third-order valence-corrected chi connectivity index (χ3v) is 4.10. The van der Waals surface area contributed by atoms with Gasteiger partial charge >= 0.3 is 0 Å². The molecule has 1 rings (SSSR count). The molecule has 0 aromatic heterocycles. The number of sulfonamides is 1. The molecule has 0 radical (unpaired) electrons. The quantitative estimate of drug-likeness (QED) is 0.267. The zero-order valence-electron chi connectivity index (χ0n) is 11.1. The lowest BCUT2D eigenvalue weighted by Crippen LogP contribution is -2.26. The highest BCUT2D eigenvalue weighted by atomic mass is 32.2. The van der Waals surface area contributed by atoms with Crippen LogP contribution in [0.25, 0.3) is 0 Å². The summed E-state index contributed by atoms with van der Waals surface area (Å²) in [6.07, 6.45) is 0.968. The van der Waals surface area contributed by atoms with Gasteiger partial charge in [0.05, 0.1) is 4.92 Å². The Bertz CT molecular complexity index is 644. The van der Waals surface area contributed by atoms with Crippen molar-refractivity contribution in [3.8, 4) is 0 Å². The molecule has 0 aliphatic carbocycles. The maximum absolute atomic E-state index is 12.0. The second-order valence-electron chi connectivity index (χ2n) is 4.31. The molecular weight excluding hydrogens is 300 g/mol. The monoisotopic (exact) mass is 316 g/mol. The van der Waals surface area contributed by atoms with E-state index in [2.05, 4.69) is 4.72 Å². The molecule has 1 aromatic carbocycles. The van der Waals surface area contributed by atoms with Crippen molar-refractivity contribution in [3.05, 3.63) is 28.3 Å². The second kappa shape index (κ2) is 6.99. The number of benzene rings is 1. The molecular formula is C11H16N4O5S. The lowest BCUT2D eigenvalue weighted by Gasteiger charge is -2.07. The normalized spacial score (nSPS) is 11.2. The third kappa shape index (κ3) is 5.00. The molecule has 9 nitrogen and oxygen atoms in total. The van der Waals surface area contributed by atoms with Gasteiger partial charge in [0.25, 0.3) is 5.69 Å². The molecule has 0 unspecified atom stereocenters. The van der Waals surface area contributed by atoms with E-state index in [1.54, 1.807) is 0 Å². The van der Waals surface area contributed by atoms with Crippen LogP contribution in [0.15, 0.2) is 23.1 Å². The molecule has 0 saturated carbocycles. The number of primary amides is 1. The smallest absolute Gasteiger partial charge is 0.289 e. The van der Waals surface area contributed by atoms with Crippen molar-refractivity contribution < 1.29 is 18.1 Å². The minimum atomic E-state index is -4.05. The summed E-state index contributed by atoms with van der Waals surface area (Å²) in [4.78, 5) is 20.1. The van der Waals surface area contributed by atoms with Crippen LogP contribution in [0.1, 0.15) is 19.3 Å². The van der Waals surface area contributed by atoms with Crippen molar-refractivity contribution >= 4 is 27.3 Å². The SMILES string of the molecule is NC(=O)CCCCNS(=O)(=O)c1cc(N)ccc1[N+](=O)[O-]. The van der Waals surface area contributed by atoms with Gasteiger partial charge in [0.2, 0.25) is 15.9 Å². The molecule has 0 fully saturated rings. The number of anilines is 1. The predicted octanol–water partition coefficient (Wildman–Crippen LogP) is 0.111. The molecule has 1 aromatic rings. The number of hydrogen-bond donors (Lipinski definition) is 3. The number of carbonyl (C=O) groups excluding carboxylic acids is 1. The maximum atomic E-state index is 12.0. The number of rotatable bonds is 8. The van der Waals surface area contributed by atoms with E-state index >= 15 is 0 Å². The van der Waals surface area contributed by atoms with E-state index < -0.39 is 31.4 Å². The molecule has 0 bridgehead atoms. The summed E-state index contributed by atoms with van der Waals surface area (Å²) in [5.74, 6) is -0.468. The van der Waals surface area contributed by atoms with Crippen molar-refractivity contribution in [2.75, 3.05) is 12.3 Å². The molecule has 0 heterocycles. The van der Waals surface area contributed by atoms with Gasteiger partial charge in [0.15, 0.2) is 4.90 Å². The number of carbonyl (C=O) groups is 1. The zero-order chi connectivity index (χ0) is 16.0. The topological polar surface area (TPSA) is 158 Å². The molecule has 0 aliphatic heterocycles. The molecule has 0 atom stereocenters. The van der Waals surface area contributed by atoms with Gasteiger partial charge in [-0.1, -0.05) is 0 Å². The van der Waals surface area contributed by atoms with Crippen molar-refractivity contribution in [2.45, 2.75) is 24.2 Å². The number of amides is 1. The number of nitro benzene ring substituents is 1. The van der Waals surface area contributed by atoms with Gasteiger partial charge in [-0.2, -0.15) is 0 Å². The number of nitrogens with one attached hydrogen (secondary N) is 1. The Morgan fingerprint density at radius 1 is 1.33 bits per heavy atom. The summed E-state index contributed by atoms with van der Waals surface area (Å²) in [6.45, 7) is 0.0432. The van der Waals surface area contributed by atoms with E-state index in [9.17, 15) is 23.3 Å². The minimum Gasteiger partial charge on any atom is -0.399 e. The number of unbranched alkanes of at least 4 members (excludes halogenated alkanes) is 1. The largest absolute Gasteiger partial charge is 0.399 e. The van der Waals surface area contributed by atoms with Crippen LogP contribution in [0.2, 0.25) is 0 Å². The standard InChI is InChI=1S/C11H16N4O5S/c12-8-4-5-9(15(17)18)10(7-8)21(19,20)14-6-2-1-3-11(13)16/h4-5,7,14H,1-3,6,12H2,(H2,13,16). The van der Waals surface area contributed by atoms with Crippen LogP contribution in [0.3, 0.4) is 0 Å². The van der Waals surface area contributed by atoms with Crippen molar-refractivity contribution in [1.82, 2.24) is 4.72 Å². The van der Waals surface area contributed by atoms with Gasteiger partial charge in [-0.05, 0) is 25.0 Å². The maximum Gasteiger partial charge on any atom is 0.289 e. The summed E-state index contributed by atoms with van der Waals surface area (Å²) in [7, 11) is -4.05. The van der Waals surface area contributed by atoms with E-state index in [0.717, 1.165) is 12.1 Å². The predicted molar refractivity (Wildman–Crippen MR) is 75.7 cm³/mol. The van der Waals surface area contributed by atoms with E-state index in [0.29, 0.717) is 12.8 Å². The average Bonchev–Trinajstić information content (AvgIpc) is 2.37. The van der Waals surface area contributed by atoms with Crippen LogP contribution in [-0.4, -0.2) is 25.8 Å². The first-order valence-electron chi connectivity index (χ1n) is 6.06. The number of nitrogen functional groups attached to an aromatic ring is 1. The molecule has 5 N–H and O–H groups in total. The van der Waals surface area contributed by atoms with Gasteiger partial charge in [0.1, 0.15) is 0 Å². The Balaban J connectivity index is 2.81. The number of nitrogens with two attached hydrogens (primary N) is 2. The first-order valence-corrected chi connectivity index (χ1v) is 7.54. The lowest BCUT2D eigenvalue weighted by molar-refractivity contribution is -0.387. The molecule has 0 saturated heterocycles.